The summed E-state index contributed by atoms with van der Waals surface area (Å²) < 4.78 is 16.7. The third kappa shape index (κ3) is 2.93. The van der Waals surface area contributed by atoms with Crippen LogP contribution in [0, 0.1) is 0 Å². The maximum atomic E-state index is 11.2. The van der Waals surface area contributed by atoms with Crippen molar-refractivity contribution in [1.82, 2.24) is 10.2 Å². The fourth-order valence-electron chi connectivity index (χ4n) is 1.90. The van der Waals surface area contributed by atoms with E-state index in [9.17, 15) is 4.21 Å². The lowest BCUT2D eigenvalue weighted by Gasteiger charge is -2.25. The average molecular weight is 242 g/mol. The van der Waals surface area contributed by atoms with Gasteiger partial charge in [-0.25, -0.2) is 0 Å². The summed E-state index contributed by atoms with van der Waals surface area (Å²) in [6.07, 6.45) is 1.74. The molecule has 0 aliphatic carbocycles. The molecule has 1 aromatic heterocycles. The fraction of sp³-hybridized carbons (Fsp3) is 0.636. The molecule has 0 atom stereocenters. The average Bonchev–Trinajstić information content (AvgIpc) is 2.70. The monoisotopic (exact) mass is 242 g/mol. The van der Waals surface area contributed by atoms with Gasteiger partial charge in [0.2, 0.25) is 0 Å². The number of hydrogen-bond donors (Lipinski definition) is 1. The normalized spacial score (nSPS) is 19.1. The van der Waals surface area contributed by atoms with Gasteiger partial charge in [-0.3, -0.25) is 9.11 Å². The molecule has 0 unspecified atom stereocenters. The number of furan rings is 1. The van der Waals surface area contributed by atoms with Crippen molar-refractivity contribution in [3.05, 3.63) is 23.7 Å². The van der Waals surface area contributed by atoms with Crippen LogP contribution in [0.4, 0.5) is 0 Å². The molecule has 0 spiro atoms. The van der Waals surface area contributed by atoms with Crippen molar-refractivity contribution in [2.24, 2.45) is 0 Å². The van der Waals surface area contributed by atoms with Gasteiger partial charge in [0.1, 0.15) is 5.76 Å². The van der Waals surface area contributed by atoms with Gasteiger partial charge >= 0.3 is 0 Å². The van der Waals surface area contributed by atoms with Gasteiger partial charge in [-0.2, -0.15) is 0 Å². The van der Waals surface area contributed by atoms with Crippen LogP contribution >= 0.6 is 0 Å². The number of rotatable bonds is 4. The predicted molar refractivity (Wildman–Crippen MR) is 64.6 cm³/mol. The zero-order valence-corrected chi connectivity index (χ0v) is 10.4. The van der Waals surface area contributed by atoms with Gasteiger partial charge < -0.3 is 9.73 Å². The molecule has 0 aromatic carbocycles. The molecule has 1 aliphatic rings. The summed E-state index contributed by atoms with van der Waals surface area (Å²) in [6, 6.07) is 2.03. The molecular formula is C11H18N2O2S. The molecule has 1 saturated heterocycles. The highest BCUT2D eigenvalue weighted by atomic mass is 32.2. The minimum absolute atomic E-state index is 0.595. The molecule has 4 nitrogen and oxygen atoms in total. The molecule has 1 aliphatic heterocycles. The van der Waals surface area contributed by atoms with Crippen LogP contribution in [0.1, 0.15) is 11.3 Å². The molecule has 5 heteroatoms. The van der Waals surface area contributed by atoms with E-state index in [1.165, 1.54) is 5.56 Å². The van der Waals surface area contributed by atoms with Gasteiger partial charge in [0, 0.05) is 47.5 Å². The van der Waals surface area contributed by atoms with Gasteiger partial charge in [0.05, 0.1) is 12.8 Å². The Bertz CT molecular complexity index is 355. The standard InChI is InChI=1S/C11H18N2O2S/c1-12-8-11-10(2-5-15-11)9-13-3-6-16(14)7-4-13/h2,5,12H,3-4,6-9H2,1H3. The SMILES string of the molecule is CNCc1occc1CN1CCS(=O)CC1. The fourth-order valence-corrected chi connectivity index (χ4v) is 3.03. The highest BCUT2D eigenvalue weighted by molar-refractivity contribution is 7.85. The third-order valence-electron chi connectivity index (χ3n) is 2.84. The van der Waals surface area contributed by atoms with Crippen LogP contribution in [-0.4, -0.2) is 40.8 Å². The summed E-state index contributed by atoms with van der Waals surface area (Å²) in [5.41, 5.74) is 1.24. The largest absolute Gasteiger partial charge is 0.468 e. The van der Waals surface area contributed by atoms with Crippen molar-refractivity contribution in [2.75, 3.05) is 31.6 Å². The van der Waals surface area contributed by atoms with E-state index in [-0.39, 0.29) is 0 Å². The molecule has 90 valence electrons. The Morgan fingerprint density at radius 1 is 1.50 bits per heavy atom. The van der Waals surface area contributed by atoms with Crippen LogP contribution in [0.15, 0.2) is 16.7 Å². The van der Waals surface area contributed by atoms with Crippen LogP contribution in [0.2, 0.25) is 0 Å². The second-order valence-electron chi connectivity index (χ2n) is 4.02. The van der Waals surface area contributed by atoms with E-state index in [1.54, 1.807) is 6.26 Å². The van der Waals surface area contributed by atoms with E-state index < -0.39 is 10.8 Å². The van der Waals surface area contributed by atoms with Gasteiger partial charge in [-0.05, 0) is 13.1 Å². The lowest BCUT2D eigenvalue weighted by atomic mass is 10.2. The Morgan fingerprint density at radius 2 is 2.25 bits per heavy atom. The Labute approximate surface area is 98.5 Å². The minimum Gasteiger partial charge on any atom is -0.468 e. The summed E-state index contributed by atoms with van der Waals surface area (Å²) in [4.78, 5) is 2.34. The smallest absolute Gasteiger partial charge is 0.122 e. The molecule has 16 heavy (non-hydrogen) atoms. The molecule has 2 rings (SSSR count). The van der Waals surface area contributed by atoms with Crippen LogP contribution in [0.25, 0.3) is 0 Å². The molecule has 2 heterocycles. The second-order valence-corrected chi connectivity index (χ2v) is 5.72. The zero-order valence-electron chi connectivity index (χ0n) is 9.57. The lowest BCUT2D eigenvalue weighted by Crippen LogP contribution is -2.37. The van der Waals surface area contributed by atoms with E-state index >= 15 is 0 Å². The number of nitrogens with one attached hydrogen (secondary N) is 1. The van der Waals surface area contributed by atoms with Crippen molar-refractivity contribution in [3.63, 3.8) is 0 Å². The predicted octanol–water partition coefficient (Wildman–Crippen LogP) is 0.563. The molecule has 1 fully saturated rings. The van der Waals surface area contributed by atoms with E-state index in [2.05, 4.69) is 10.2 Å². The molecule has 0 radical (unpaired) electrons. The topological polar surface area (TPSA) is 45.5 Å². The van der Waals surface area contributed by atoms with E-state index in [0.29, 0.717) is 0 Å². The van der Waals surface area contributed by atoms with Crippen molar-refractivity contribution in [3.8, 4) is 0 Å². The number of nitrogens with zero attached hydrogens (tertiary/aromatic N) is 1. The van der Waals surface area contributed by atoms with Crippen molar-refractivity contribution in [1.29, 1.82) is 0 Å². The minimum atomic E-state index is -0.595. The van der Waals surface area contributed by atoms with Crippen LogP contribution in [-0.2, 0) is 23.9 Å². The molecule has 0 amide bonds. The summed E-state index contributed by atoms with van der Waals surface area (Å²) in [5, 5.41) is 3.09. The molecule has 1 aromatic rings. The van der Waals surface area contributed by atoms with Crippen molar-refractivity contribution < 1.29 is 8.63 Å². The quantitative estimate of drug-likeness (QED) is 0.838. The molecule has 0 saturated carbocycles. The maximum Gasteiger partial charge on any atom is 0.122 e. The number of hydrogen-bond acceptors (Lipinski definition) is 4. The van der Waals surface area contributed by atoms with E-state index in [1.807, 2.05) is 13.1 Å². The van der Waals surface area contributed by atoms with E-state index in [4.69, 9.17) is 4.42 Å². The zero-order chi connectivity index (χ0) is 11.4. The first-order valence-electron chi connectivity index (χ1n) is 5.57. The highest BCUT2D eigenvalue weighted by Crippen LogP contribution is 2.14. The Balaban J connectivity index is 1.93. The lowest BCUT2D eigenvalue weighted by molar-refractivity contribution is 0.288. The van der Waals surface area contributed by atoms with E-state index in [0.717, 1.165) is 43.4 Å². The Hall–Kier alpha value is -0.650. The molecular weight excluding hydrogens is 224 g/mol. The van der Waals surface area contributed by atoms with Crippen molar-refractivity contribution >= 4 is 10.8 Å². The van der Waals surface area contributed by atoms with Gasteiger partial charge in [-0.15, -0.1) is 0 Å². The Morgan fingerprint density at radius 3 is 2.94 bits per heavy atom. The third-order valence-corrected chi connectivity index (χ3v) is 4.12. The van der Waals surface area contributed by atoms with Crippen molar-refractivity contribution in [2.45, 2.75) is 13.1 Å². The van der Waals surface area contributed by atoms with Crippen LogP contribution in [0.5, 0.6) is 0 Å². The Kier molecular flexibility index (Phi) is 4.15. The molecule has 0 bridgehead atoms. The van der Waals surface area contributed by atoms with Gasteiger partial charge in [0.15, 0.2) is 0 Å². The van der Waals surface area contributed by atoms with Crippen LogP contribution in [0.3, 0.4) is 0 Å². The maximum absolute atomic E-state index is 11.2. The van der Waals surface area contributed by atoms with Gasteiger partial charge in [0.25, 0.3) is 0 Å². The van der Waals surface area contributed by atoms with Crippen LogP contribution < -0.4 is 5.32 Å². The summed E-state index contributed by atoms with van der Waals surface area (Å²) in [7, 11) is 1.32. The second kappa shape index (κ2) is 5.61. The first-order valence-corrected chi connectivity index (χ1v) is 7.05. The molecule has 1 N–H and O–H groups in total. The van der Waals surface area contributed by atoms with Gasteiger partial charge in [-0.1, -0.05) is 0 Å². The first kappa shape index (κ1) is 11.8. The summed E-state index contributed by atoms with van der Waals surface area (Å²) >= 11 is 0. The highest BCUT2D eigenvalue weighted by Gasteiger charge is 2.17. The first-order chi connectivity index (χ1) is 7.79. The summed E-state index contributed by atoms with van der Waals surface area (Å²) in [5.74, 6) is 2.62. The summed E-state index contributed by atoms with van der Waals surface area (Å²) in [6.45, 7) is 3.53.